The van der Waals surface area contributed by atoms with Crippen LogP contribution in [0, 0.1) is 5.82 Å². The molecule has 1 aromatic rings. The third-order valence-electron chi connectivity index (χ3n) is 1.97. The maximum atomic E-state index is 13.3. The fourth-order valence-electron chi connectivity index (χ4n) is 1.32. The van der Waals surface area contributed by atoms with E-state index in [1.165, 1.54) is 6.07 Å². The Balaban J connectivity index is 0.00000169. The molecule has 4 heteroatoms. The number of halogens is 3. The zero-order valence-electron chi connectivity index (χ0n) is 7.97. The Bertz CT molecular complexity index is 273. The Morgan fingerprint density at radius 1 is 1.50 bits per heavy atom. The lowest BCUT2D eigenvalue weighted by atomic mass is 10.0. The van der Waals surface area contributed by atoms with Crippen molar-refractivity contribution < 1.29 is 4.39 Å². The molecule has 0 spiro atoms. The largest absolute Gasteiger partial charge is 0.324 e. The fourth-order valence-corrected chi connectivity index (χ4v) is 1.96. The zero-order chi connectivity index (χ0) is 9.84. The normalized spacial score (nSPS) is 12.0. The van der Waals surface area contributed by atoms with Gasteiger partial charge in [-0.1, -0.05) is 35.3 Å². The van der Waals surface area contributed by atoms with Crippen LogP contribution in [-0.4, -0.2) is 0 Å². The van der Waals surface area contributed by atoms with Gasteiger partial charge in [-0.05, 0) is 18.6 Å². The SMILES string of the molecule is CCC[C@@H](N)c1c(F)cccc1Br.Cl. The summed E-state index contributed by atoms with van der Waals surface area (Å²) in [6, 6.07) is 4.71. The minimum absolute atomic E-state index is 0. The third-order valence-corrected chi connectivity index (χ3v) is 2.66. The molecule has 0 amide bonds. The molecule has 0 aromatic heterocycles. The number of hydrogen-bond donors (Lipinski definition) is 1. The van der Waals surface area contributed by atoms with Crippen molar-refractivity contribution in [2.45, 2.75) is 25.8 Å². The molecule has 0 aliphatic carbocycles. The number of nitrogens with two attached hydrogens (primary N) is 1. The van der Waals surface area contributed by atoms with Crippen molar-refractivity contribution >= 4 is 28.3 Å². The van der Waals surface area contributed by atoms with Crippen LogP contribution < -0.4 is 5.73 Å². The van der Waals surface area contributed by atoms with E-state index in [-0.39, 0.29) is 24.3 Å². The van der Waals surface area contributed by atoms with Gasteiger partial charge in [-0.2, -0.15) is 0 Å². The van der Waals surface area contributed by atoms with Crippen LogP contribution in [0.3, 0.4) is 0 Å². The summed E-state index contributed by atoms with van der Waals surface area (Å²) in [5.41, 5.74) is 6.42. The molecular formula is C10H14BrClFN. The Kier molecular flexibility index (Phi) is 6.33. The first kappa shape index (κ1) is 13.9. The molecule has 0 unspecified atom stereocenters. The molecule has 1 nitrogen and oxygen atoms in total. The van der Waals surface area contributed by atoms with Gasteiger partial charge < -0.3 is 5.73 Å². The van der Waals surface area contributed by atoms with Crippen molar-refractivity contribution in [2.24, 2.45) is 5.73 Å². The van der Waals surface area contributed by atoms with Gasteiger partial charge in [0.25, 0.3) is 0 Å². The molecule has 0 bridgehead atoms. The Morgan fingerprint density at radius 2 is 2.14 bits per heavy atom. The van der Waals surface area contributed by atoms with Gasteiger partial charge in [-0.25, -0.2) is 4.39 Å². The molecule has 2 N–H and O–H groups in total. The van der Waals surface area contributed by atoms with E-state index in [0.717, 1.165) is 17.3 Å². The van der Waals surface area contributed by atoms with Crippen LogP contribution in [-0.2, 0) is 0 Å². The van der Waals surface area contributed by atoms with Crippen molar-refractivity contribution in [3.05, 3.63) is 34.1 Å². The first-order valence-corrected chi connectivity index (χ1v) is 5.15. The number of benzene rings is 1. The van der Waals surface area contributed by atoms with E-state index in [1.807, 2.05) is 13.0 Å². The van der Waals surface area contributed by atoms with E-state index in [4.69, 9.17) is 5.73 Å². The first-order chi connectivity index (χ1) is 6.16. The van der Waals surface area contributed by atoms with Gasteiger partial charge in [0.1, 0.15) is 5.82 Å². The summed E-state index contributed by atoms with van der Waals surface area (Å²) in [6.45, 7) is 2.04. The smallest absolute Gasteiger partial charge is 0.129 e. The van der Waals surface area contributed by atoms with Crippen molar-refractivity contribution in [3.63, 3.8) is 0 Å². The highest BCUT2D eigenvalue weighted by Gasteiger charge is 2.13. The Morgan fingerprint density at radius 3 is 2.64 bits per heavy atom. The van der Waals surface area contributed by atoms with Gasteiger partial charge in [0.2, 0.25) is 0 Å². The molecule has 0 fully saturated rings. The summed E-state index contributed by atoms with van der Waals surface area (Å²) >= 11 is 3.30. The Labute approximate surface area is 98.4 Å². The van der Waals surface area contributed by atoms with Crippen LogP contribution in [0.5, 0.6) is 0 Å². The van der Waals surface area contributed by atoms with Crippen molar-refractivity contribution in [1.82, 2.24) is 0 Å². The average molecular weight is 283 g/mol. The molecule has 0 saturated carbocycles. The topological polar surface area (TPSA) is 26.0 Å². The fraction of sp³-hybridized carbons (Fsp3) is 0.400. The molecule has 80 valence electrons. The molecule has 0 aliphatic rings. The summed E-state index contributed by atoms with van der Waals surface area (Å²) in [6.07, 6.45) is 1.77. The van der Waals surface area contributed by atoms with E-state index in [9.17, 15) is 4.39 Å². The van der Waals surface area contributed by atoms with Crippen molar-refractivity contribution in [3.8, 4) is 0 Å². The van der Waals surface area contributed by atoms with Gasteiger partial charge in [-0.3, -0.25) is 0 Å². The van der Waals surface area contributed by atoms with Crippen LogP contribution in [0.1, 0.15) is 31.4 Å². The van der Waals surface area contributed by atoms with Gasteiger partial charge in [0, 0.05) is 16.1 Å². The molecule has 0 saturated heterocycles. The van der Waals surface area contributed by atoms with Crippen LogP contribution in [0.2, 0.25) is 0 Å². The highest BCUT2D eigenvalue weighted by atomic mass is 79.9. The molecule has 1 atom stereocenters. The minimum Gasteiger partial charge on any atom is -0.324 e. The van der Waals surface area contributed by atoms with E-state index < -0.39 is 0 Å². The summed E-state index contributed by atoms with van der Waals surface area (Å²) in [5.74, 6) is -0.227. The predicted molar refractivity (Wildman–Crippen MR) is 63.2 cm³/mol. The van der Waals surface area contributed by atoms with Crippen LogP contribution >= 0.6 is 28.3 Å². The van der Waals surface area contributed by atoms with E-state index >= 15 is 0 Å². The monoisotopic (exact) mass is 281 g/mol. The van der Waals surface area contributed by atoms with E-state index in [0.29, 0.717) is 5.56 Å². The van der Waals surface area contributed by atoms with Gasteiger partial charge in [0.15, 0.2) is 0 Å². The van der Waals surface area contributed by atoms with Crippen LogP contribution in [0.4, 0.5) is 4.39 Å². The molecule has 0 aliphatic heterocycles. The number of hydrogen-bond acceptors (Lipinski definition) is 1. The van der Waals surface area contributed by atoms with Crippen LogP contribution in [0.15, 0.2) is 22.7 Å². The summed E-state index contributed by atoms with van der Waals surface area (Å²) in [7, 11) is 0. The molecule has 0 radical (unpaired) electrons. The van der Waals surface area contributed by atoms with Gasteiger partial charge in [-0.15, -0.1) is 12.4 Å². The van der Waals surface area contributed by atoms with Crippen LogP contribution in [0.25, 0.3) is 0 Å². The second kappa shape index (κ2) is 6.38. The average Bonchev–Trinajstić information content (AvgIpc) is 2.04. The Hall–Kier alpha value is -0.120. The lowest BCUT2D eigenvalue weighted by molar-refractivity contribution is 0.557. The summed E-state index contributed by atoms with van der Waals surface area (Å²) < 4.78 is 14.1. The lowest BCUT2D eigenvalue weighted by Crippen LogP contribution is -2.12. The first-order valence-electron chi connectivity index (χ1n) is 4.36. The maximum Gasteiger partial charge on any atom is 0.129 e. The lowest BCUT2D eigenvalue weighted by Gasteiger charge is -2.13. The van der Waals surface area contributed by atoms with Crippen molar-refractivity contribution in [2.75, 3.05) is 0 Å². The second-order valence-corrected chi connectivity index (χ2v) is 3.88. The standard InChI is InChI=1S/C10H13BrFN.ClH/c1-2-4-9(13)10-7(11)5-3-6-8(10)12;/h3,5-6,9H,2,4,13H2,1H3;1H/t9-;/m1./s1. The quantitative estimate of drug-likeness (QED) is 0.896. The predicted octanol–water partition coefficient (Wildman–Crippen LogP) is 3.81. The number of rotatable bonds is 3. The van der Waals surface area contributed by atoms with E-state index in [2.05, 4.69) is 15.9 Å². The van der Waals surface area contributed by atoms with Crippen molar-refractivity contribution in [1.29, 1.82) is 0 Å². The van der Waals surface area contributed by atoms with Gasteiger partial charge in [0.05, 0.1) is 0 Å². The summed E-state index contributed by atoms with van der Waals surface area (Å²) in [4.78, 5) is 0. The van der Waals surface area contributed by atoms with Gasteiger partial charge >= 0.3 is 0 Å². The van der Waals surface area contributed by atoms with E-state index in [1.54, 1.807) is 6.07 Å². The molecule has 1 aromatic carbocycles. The molecular weight excluding hydrogens is 268 g/mol. The maximum absolute atomic E-state index is 13.3. The highest BCUT2D eigenvalue weighted by Crippen LogP contribution is 2.27. The summed E-state index contributed by atoms with van der Waals surface area (Å²) in [5, 5.41) is 0. The second-order valence-electron chi connectivity index (χ2n) is 3.03. The third kappa shape index (κ3) is 3.23. The molecule has 0 heterocycles. The highest BCUT2D eigenvalue weighted by molar-refractivity contribution is 9.10. The molecule has 1 rings (SSSR count). The molecule has 14 heavy (non-hydrogen) atoms. The zero-order valence-corrected chi connectivity index (χ0v) is 10.4. The minimum atomic E-state index is -0.227.